The molecule has 1 fully saturated rings. The molecule has 1 aliphatic carbocycles. The number of hydrogen-bond acceptors (Lipinski definition) is 4. The molecule has 0 atom stereocenters. The van der Waals surface area contributed by atoms with Crippen molar-refractivity contribution in [3.63, 3.8) is 0 Å². The number of nitrogens with one attached hydrogen (secondary N) is 1. The van der Waals surface area contributed by atoms with Gasteiger partial charge in [-0.3, -0.25) is 14.9 Å². The summed E-state index contributed by atoms with van der Waals surface area (Å²) in [5.41, 5.74) is 5.48. The molecular formula is C10H11N3O3. The lowest BCUT2D eigenvalue weighted by Gasteiger charge is -2.09. The van der Waals surface area contributed by atoms with Crippen LogP contribution in [0.5, 0.6) is 0 Å². The summed E-state index contributed by atoms with van der Waals surface area (Å²) in [5.74, 6) is -0.660. The van der Waals surface area contributed by atoms with Crippen molar-refractivity contribution in [3.8, 4) is 0 Å². The molecule has 1 aliphatic rings. The van der Waals surface area contributed by atoms with Crippen LogP contribution in [0.15, 0.2) is 18.2 Å². The Balaban J connectivity index is 2.47. The van der Waals surface area contributed by atoms with E-state index in [0.717, 1.165) is 12.8 Å². The second-order valence-electron chi connectivity index (χ2n) is 3.74. The SMILES string of the molecule is NC(=O)c1cccc([N+](=O)[O-])c1NC1CC1. The molecule has 0 unspecified atom stereocenters. The number of nitro benzene ring substituents is 1. The molecule has 0 saturated heterocycles. The van der Waals surface area contributed by atoms with E-state index < -0.39 is 10.8 Å². The van der Waals surface area contributed by atoms with Crippen LogP contribution in [-0.2, 0) is 0 Å². The zero-order chi connectivity index (χ0) is 11.7. The molecule has 16 heavy (non-hydrogen) atoms. The molecule has 0 heterocycles. The molecule has 0 bridgehead atoms. The van der Waals surface area contributed by atoms with Gasteiger partial charge in [0.15, 0.2) is 0 Å². The Bertz CT molecular complexity index is 422. The Morgan fingerprint density at radius 1 is 1.50 bits per heavy atom. The fourth-order valence-electron chi connectivity index (χ4n) is 1.48. The molecule has 0 spiro atoms. The summed E-state index contributed by atoms with van der Waals surface area (Å²) in [4.78, 5) is 21.5. The van der Waals surface area contributed by atoms with E-state index in [9.17, 15) is 14.9 Å². The number of nitro groups is 1. The minimum absolute atomic E-state index is 0.108. The minimum Gasteiger partial charge on any atom is -0.376 e. The molecule has 2 rings (SSSR count). The average molecular weight is 221 g/mol. The summed E-state index contributed by atoms with van der Waals surface area (Å²) in [6.07, 6.45) is 1.93. The van der Waals surface area contributed by atoms with Gasteiger partial charge in [0, 0.05) is 12.1 Å². The van der Waals surface area contributed by atoms with E-state index in [2.05, 4.69) is 5.32 Å². The smallest absolute Gasteiger partial charge is 0.293 e. The van der Waals surface area contributed by atoms with Crippen LogP contribution in [0.4, 0.5) is 11.4 Å². The van der Waals surface area contributed by atoms with Gasteiger partial charge in [-0.05, 0) is 18.9 Å². The van der Waals surface area contributed by atoms with Gasteiger partial charge in [0.05, 0.1) is 10.5 Å². The van der Waals surface area contributed by atoms with E-state index in [-0.39, 0.29) is 23.0 Å². The fraction of sp³-hybridized carbons (Fsp3) is 0.300. The number of anilines is 1. The maximum Gasteiger partial charge on any atom is 0.293 e. The van der Waals surface area contributed by atoms with Crippen LogP contribution >= 0.6 is 0 Å². The Labute approximate surface area is 91.6 Å². The van der Waals surface area contributed by atoms with Crippen LogP contribution in [0.25, 0.3) is 0 Å². The van der Waals surface area contributed by atoms with Gasteiger partial charge in [-0.1, -0.05) is 6.07 Å². The van der Waals surface area contributed by atoms with Crippen LogP contribution in [0.2, 0.25) is 0 Å². The number of primary amides is 1. The quantitative estimate of drug-likeness (QED) is 0.590. The van der Waals surface area contributed by atoms with Gasteiger partial charge in [0.2, 0.25) is 0 Å². The third-order valence-electron chi connectivity index (χ3n) is 2.43. The van der Waals surface area contributed by atoms with Crippen molar-refractivity contribution in [2.75, 3.05) is 5.32 Å². The second kappa shape index (κ2) is 3.80. The van der Waals surface area contributed by atoms with E-state index >= 15 is 0 Å². The summed E-state index contributed by atoms with van der Waals surface area (Å²) in [5, 5.41) is 13.8. The van der Waals surface area contributed by atoms with Crippen molar-refractivity contribution in [2.45, 2.75) is 18.9 Å². The molecule has 1 aromatic rings. The average Bonchev–Trinajstić information content (AvgIpc) is 3.01. The highest BCUT2D eigenvalue weighted by atomic mass is 16.6. The molecule has 0 aromatic heterocycles. The molecule has 0 radical (unpaired) electrons. The summed E-state index contributed by atoms with van der Waals surface area (Å²) < 4.78 is 0. The van der Waals surface area contributed by atoms with Crippen molar-refractivity contribution >= 4 is 17.3 Å². The summed E-state index contributed by atoms with van der Waals surface area (Å²) in [7, 11) is 0. The predicted octanol–water partition coefficient (Wildman–Crippen LogP) is 1.27. The van der Waals surface area contributed by atoms with Crippen LogP contribution < -0.4 is 11.1 Å². The monoisotopic (exact) mass is 221 g/mol. The molecule has 1 amide bonds. The first-order chi connectivity index (χ1) is 7.59. The van der Waals surface area contributed by atoms with Crippen molar-refractivity contribution < 1.29 is 9.72 Å². The molecule has 0 aliphatic heterocycles. The standard InChI is InChI=1S/C10H11N3O3/c11-10(14)7-2-1-3-8(13(15)16)9(7)12-6-4-5-6/h1-3,6,12H,4-5H2,(H2,11,14). The summed E-state index contributed by atoms with van der Waals surface area (Å²) in [6.45, 7) is 0. The van der Waals surface area contributed by atoms with E-state index in [4.69, 9.17) is 5.73 Å². The third kappa shape index (κ3) is 1.95. The van der Waals surface area contributed by atoms with Crippen molar-refractivity contribution in [1.82, 2.24) is 0 Å². The van der Waals surface area contributed by atoms with Gasteiger partial charge in [-0.25, -0.2) is 0 Å². The first-order valence-electron chi connectivity index (χ1n) is 4.93. The lowest BCUT2D eigenvalue weighted by molar-refractivity contribution is -0.384. The Hall–Kier alpha value is -2.11. The minimum atomic E-state index is -0.660. The highest BCUT2D eigenvalue weighted by Crippen LogP contribution is 2.33. The zero-order valence-electron chi connectivity index (χ0n) is 8.47. The van der Waals surface area contributed by atoms with Crippen molar-refractivity contribution in [2.24, 2.45) is 5.73 Å². The number of carbonyl (C=O) groups excluding carboxylic acids is 1. The number of hydrogen-bond donors (Lipinski definition) is 2. The number of amides is 1. The number of nitrogens with two attached hydrogens (primary N) is 1. The van der Waals surface area contributed by atoms with Crippen LogP contribution in [0.1, 0.15) is 23.2 Å². The van der Waals surface area contributed by atoms with Crippen LogP contribution in [0.3, 0.4) is 0 Å². The number of rotatable bonds is 4. The van der Waals surface area contributed by atoms with Crippen molar-refractivity contribution in [1.29, 1.82) is 0 Å². The maximum atomic E-state index is 11.2. The third-order valence-corrected chi connectivity index (χ3v) is 2.43. The molecule has 3 N–H and O–H groups in total. The highest BCUT2D eigenvalue weighted by Gasteiger charge is 2.27. The predicted molar refractivity (Wildman–Crippen MR) is 58.3 cm³/mol. The number of carbonyl (C=O) groups is 1. The van der Waals surface area contributed by atoms with E-state index in [1.165, 1.54) is 18.2 Å². The van der Waals surface area contributed by atoms with Gasteiger partial charge in [0.1, 0.15) is 5.69 Å². The number of nitrogens with zero attached hydrogens (tertiary/aromatic N) is 1. The van der Waals surface area contributed by atoms with E-state index in [0.29, 0.717) is 0 Å². The molecular weight excluding hydrogens is 210 g/mol. The van der Waals surface area contributed by atoms with Gasteiger partial charge in [-0.2, -0.15) is 0 Å². The lowest BCUT2D eigenvalue weighted by Crippen LogP contribution is -2.16. The molecule has 1 saturated carbocycles. The topological polar surface area (TPSA) is 98.3 Å². The number of para-hydroxylation sites is 1. The highest BCUT2D eigenvalue weighted by molar-refractivity contribution is 6.00. The first-order valence-corrected chi connectivity index (χ1v) is 4.93. The van der Waals surface area contributed by atoms with Gasteiger partial charge < -0.3 is 11.1 Å². The zero-order valence-corrected chi connectivity index (χ0v) is 8.47. The Morgan fingerprint density at radius 2 is 2.19 bits per heavy atom. The Kier molecular flexibility index (Phi) is 2.47. The van der Waals surface area contributed by atoms with Gasteiger partial charge >= 0.3 is 0 Å². The first kappa shape index (κ1) is 10.4. The van der Waals surface area contributed by atoms with E-state index in [1.807, 2.05) is 0 Å². The lowest BCUT2D eigenvalue weighted by atomic mass is 10.1. The van der Waals surface area contributed by atoms with Crippen LogP contribution in [0, 0.1) is 10.1 Å². The van der Waals surface area contributed by atoms with E-state index in [1.54, 1.807) is 0 Å². The normalized spacial score (nSPS) is 14.5. The number of benzene rings is 1. The summed E-state index contributed by atoms with van der Waals surface area (Å²) in [6, 6.07) is 4.52. The summed E-state index contributed by atoms with van der Waals surface area (Å²) >= 11 is 0. The largest absolute Gasteiger partial charge is 0.376 e. The van der Waals surface area contributed by atoms with Gasteiger partial charge in [0.25, 0.3) is 11.6 Å². The fourth-order valence-corrected chi connectivity index (χ4v) is 1.48. The molecule has 6 heteroatoms. The molecule has 1 aromatic carbocycles. The van der Waals surface area contributed by atoms with Crippen molar-refractivity contribution in [3.05, 3.63) is 33.9 Å². The Morgan fingerprint density at radius 3 is 2.69 bits per heavy atom. The second-order valence-corrected chi connectivity index (χ2v) is 3.74. The maximum absolute atomic E-state index is 11.2. The molecule has 84 valence electrons. The van der Waals surface area contributed by atoms with Gasteiger partial charge in [-0.15, -0.1) is 0 Å². The van der Waals surface area contributed by atoms with Crippen LogP contribution in [-0.4, -0.2) is 16.9 Å². The molecule has 6 nitrogen and oxygen atoms in total.